The molecule has 1 aliphatic rings. The first-order valence-corrected chi connectivity index (χ1v) is 3.39. The van der Waals surface area contributed by atoms with Crippen LogP contribution in [-0.4, -0.2) is 6.34 Å². The van der Waals surface area contributed by atoms with Crippen molar-refractivity contribution in [3.05, 3.63) is 11.4 Å². The van der Waals surface area contributed by atoms with Gasteiger partial charge in [0.2, 0.25) is 0 Å². The molecule has 2 nitrogen and oxygen atoms in total. The highest BCUT2D eigenvalue weighted by atomic mass is 15.0. The minimum absolute atomic E-state index is 1.03. The van der Waals surface area contributed by atoms with Gasteiger partial charge in [0.15, 0.2) is 5.70 Å². The molecule has 0 saturated carbocycles. The van der Waals surface area contributed by atoms with Gasteiger partial charge in [0, 0.05) is 12.8 Å². The molecule has 1 N–H and O–H groups in total. The van der Waals surface area contributed by atoms with E-state index in [0.29, 0.717) is 0 Å². The molecule has 0 spiro atoms. The highest BCUT2D eigenvalue weighted by Crippen LogP contribution is 2.07. The molecule has 0 aliphatic carbocycles. The van der Waals surface area contributed by atoms with Gasteiger partial charge in [-0.05, 0) is 0 Å². The molecule has 49 valence electrons. The van der Waals surface area contributed by atoms with E-state index in [9.17, 15) is 0 Å². The van der Waals surface area contributed by atoms with Crippen LogP contribution in [0.3, 0.4) is 0 Å². The number of rotatable bonds is 2. The van der Waals surface area contributed by atoms with Crippen LogP contribution in [-0.2, 0) is 0 Å². The molecule has 0 unspecified atom stereocenters. The Morgan fingerprint density at radius 1 is 1.44 bits per heavy atom. The van der Waals surface area contributed by atoms with Crippen molar-refractivity contribution in [1.29, 1.82) is 0 Å². The van der Waals surface area contributed by atoms with E-state index in [0.717, 1.165) is 12.8 Å². The number of hydrogen-bond acceptors (Lipinski definition) is 2. The smallest absolute Gasteiger partial charge is 0.244 e. The minimum atomic E-state index is 1.03. The molecule has 0 amide bonds. The molecule has 1 aliphatic heterocycles. The maximum atomic E-state index is 4.15. The van der Waals surface area contributed by atoms with E-state index in [2.05, 4.69) is 24.2 Å². The fourth-order valence-electron chi connectivity index (χ4n) is 0.960. The van der Waals surface area contributed by atoms with Crippen LogP contribution in [0, 0.1) is 0 Å². The van der Waals surface area contributed by atoms with Gasteiger partial charge < -0.3 is 0 Å². The number of allylic oxidation sites excluding steroid dienone is 2. The van der Waals surface area contributed by atoms with Crippen molar-refractivity contribution in [3.8, 4) is 0 Å². The summed E-state index contributed by atoms with van der Waals surface area (Å²) in [6.07, 6.45) is 3.85. The second-order valence-corrected chi connectivity index (χ2v) is 2.03. The van der Waals surface area contributed by atoms with Gasteiger partial charge in [-0.2, -0.15) is 0 Å². The first-order chi connectivity index (χ1) is 4.38. The lowest BCUT2D eigenvalue weighted by Gasteiger charge is -1.89. The third kappa shape index (κ3) is 1.12. The van der Waals surface area contributed by atoms with E-state index < -0.39 is 0 Å². The number of hydrogen-bond donors (Lipinski definition) is 1. The van der Waals surface area contributed by atoms with Crippen molar-refractivity contribution >= 4 is 6.34 Å². The van der Waals surface area contributed by atoms with Crippen molar-refractivity contribution in [2.75, 3.05) is 0 Å². The average Bonchev–Trinajstić information content (AvgIpc) is 2.33. The van der Waals surface area contributed by atoms with E-state index in [1.165, 1.54) is 11.4 Å². The summed E-state index contributed by atoms with van der Waals surface area (Å²) in [4.78, 5) is 4.15. The van der Waals surface area contributed by atoms with Crippen molar-refractivity contribution in [1.82, 2.24) is 10.3 Å². The lowest BCUT2D eigenvalue weighted by atomic mass is 10.2. The quantitative estimate of drug-likeness (QED) is 0.583. The Labute approximate surface area is 55.7 Å². The number of nitrogens with zero attached hydrogens (tertiary/aromatic N) is 1. The zero-order chi connectivity index (χ0) is 6.69. The Bertz CT molecular complexity index is 156. The molecule has 1 radical (unpaired) electrons. The van der Waals surface area contributed by atoms with Crippen LogP contribution in [0.15, 0.2) is 11.4 Å². The first kappa shape index (κ1) is 6.33. The maximum absolute atomic E-state index is 4.15. The molecular weight excluding hydrogens is 112 g/mol. The third-order valence-corrected chi connectivity index (χ3v) is 1.50. The molecule has 0 aromatic rings. The van der Waals surface area contributed by atoms with Gasteiger partial charge in [0.1, 0.15) is 5.70 Å². The Hall–Kier alpha value is -0.790. The number of aliphatic imine (C=N–C) groups is 1. The Morgan fingerprint density at radius 2 is 2.22 bits per heavy atom. The summed E-state index contributed by atoms with van der Waals surface area (Å²) in [6.45, 7) is 4.25. The molecule has 0 saturated heterocycles. The molecule has 0 atom stereocenters. The molecule has 1 heterocycles. The Morgan fingerprint density at radius 3 is 2.67 bits per heavy atom. The molecule has 0 aromatic carbocycles. The van der Waals surface area contributed by atoms with E-state index in [1.54, 1.807) is 6.34 Å². The van der Waals surface area contributed by atoms with Crippen LogP contribution in [0.2, 0.25) is 0 Å². The van der Waals surface area contributed by atoms with Crippen LogP contribution in [0.4, 0.5) is 0 Å². The third-order valence-electron chi connectivity index (χ3n) is 1.50. The SMILES string of the molecule is CCC1=C(CC)NC=[N+]1. The normalized spacial score (nSPS) is 16.7. The summed E-state index contributed by atoms with van der Waals surface area (Å²) >= 11 is 0. The molecular formula is C7H12N2+. The summed E-state index contributed by atoms with van der Waals surface area (Å²) in [5.41, 5.74) is 2.48. The molecule has 2 heteroatoms. The molecule has 0 fully saturated rings. The van der Waals surface area contributed by atoms with Gasteiger partial charge in [0.05, 0.1) is 0 Å². The minimum Gasteiger partial charge on any atom is -0.244 e. The van der Waals surface area contributed by atoms with Crippen molar-refractivity contribution in [3.63, 3.8) is 0 Å². The second kappa shape index (κ2) is 2.67. The van der Waals surface area contributed by atoms with Crippen LogP contribution in [0.1, 0.15) is 26.7 Å². The van der Waals surface area contributed by atoms with Crippen molar-refractivity contribution in [2.24, 2.45) is 0 Å². The fraction of sp³-hybridized carbons (Fsp3) is 0.571. The van der Waals surface area contributed by atoms with Crippen LogP contribution < -0.4 is 10.3 Å². The molecule has 0 bridgehead atoms. The van der Waals surface area contributed by atoms with Gasteiger partial charge in [-0.25, -0.2) is 5.32 Å². The highest BCUT2D eigenvalue weighted by molar-refractivity contribution is 5.61. The average molecular weight is 124 g/mol. The molecule has 1 rings (SSSR count). The Balaban J connectivity index is 2.67. The van der Waals surface area contributed by atoms with Gasteiger partial charge >= 0.3 is 0 Å². The standard InChI is InChI=1S/C7H12N2/c1-3-6-7(4-2)9-5-8-6/h5,8H,3-4H2,1-2H3/q+1. The highest BCUT2D eigenvalue weighted by Gasteiger charge is 2.15. The Kier molecular flexibility index (Phi) is 1.88. The summed E-state index contributed by atoms with van der Waals surface area (Å²) in [6, 6.07) is 0. The van der Waals surface area contributed by atoms with E-state index >= 15 is 0 Å². The maximum Gasteiger partial charge on any atom is 0.284 e. The lowest BCUT2D eigenvalue weighted by Crippen LogP contribution is -2.04. The van der Waals surface area contributed by atoms with Gasteiger partial charge in [0.25, 0.3) is 6.34 Å². The van der Waals surface area contributed by atoms with Gasteiger partial charge in [-0.3, -0.25) is 0 Å². The largest absolute Gasteiger partial charge is 0.284 e. The monoisotopic (exact) mass is 124 g/mol. The summed E-state index contributed by atoms with van der Waals surface area (Å²) in [7, 11) is 0. The summed E-state index contributed by atoms with van der Waals surface area (Å²) in [5, 5.41) is 3.10. The van der Waals surface area contributed by atoms with E-state index in [1.807, 2.05) is 0 Å². The van der Waals surface area contributed by atoms with Crippen LogP contribution in [0.25, 0.3) is 0 Å². The van der Waals surface area contributed by atoms with E-state index in [4.69, 9.17) is 0 Å². The summed E-state index contributed by atoms with van der Waals surface area (Å²) < 4.78 is 0. The van der Waals surface area contributed by atoms with Crippen LogP contribution in [0.5, 0.6) is 0 Å². The molecule has 0 aromatic heterocycles. The zero-order valence-electron chi connectivity index (χ0n) is 5.94. The summed E-state index contributed by atoms with van der Waals surface area (Å²) in [5.74, 6) is 0. The first-order valence-electron chi connectivity index (χ1n) is 3.39. The second-order valence-electron chi connectivity index (χ2n) is 2.03. The topological polar surface area (TPSA) is 26.1 Å². The van der Waals surface area contributed by atoms with Gasteiger partial charge in [-0.1, -0.05) is 18.8 Å². The lowest BCUT2D eigenvalue weighted by molar-refractivity contribution is 0.925. The molecule has 9 heavy (non-hydrogen) atoms. The van der Waals surface area contributed by atoms with Crippen molar-refractivity contribution in [2.45, 2.75) is 26.7 Å². The van der Waals surface area contributed by atoms with Crippen molar-refractivity contribution < 1.29 is 0 Å². The van der Waals surface area contributed by atoms with E-state index in [-0.39, 0.29) is 0 Å². The fourth-order valence-corrected chi connectivity index (χ4v) is 0.960. The predicted molar refractivity (Wildman–Crippen MR) is 38.9 cm³/mol. The zero-order valence-corrected chi connectivity index (χ0v) is 5.94. The van der Waals surface area contributed by atoms with Crippen LogP contribution >= 0.6 is 0 Å². The predicted octanol–water partition coefficient (Wildman–Crippen LogP) is 0.985. The number of nitrogens with one attached hydrogen (secondary N) is 1. The van der Waals surface area contributed by atoms with Gasteiger partial charge in [-0.15, -0.1) is 0 Å².